The predicted molar refractivity (Wildman–Crippen MR) is 82.0 cm³/mol. The SMILES string of the molecule is CC(CN)CCC(=O)N(C)CCOc1ccc(Cl)cc1. The third-order valence-electron chi connectivity index (χ3n) is 3.19. The molecule has 0 radical (unpaired) electrons. The monoisotopic (exact) mass is 298 g/mol. The van der Waals surface area contributed by atoms with Gasteiger partial charge in [-0.25, -0.2) is 0 Å². The third kappa shape index (κ3) is 6.26. The maximum Gasteiger partial charge on any atom is 0.222 e. The molecule has 0 fully saturated rings. The van der Waals surface area contributed by atoms with Gasteiger partial charge in [-0.2, -0.15) is 0 Å². The highest BCUT2D eigenvalue weighted by atomic mass is 35.5. The van der Waals surface area contributed by atoms with E-state index in [4.69, 9.17) is 22.1 Å². The Morgan fingerprint density at radius 2 is 2.05 bits per heavy atom. The van der Waals surface area contributed by atoms with Crippen molar-refractivity contribution in [1.29, 1.82) is 0 Å². The van der Waals surface area contributed by atoms with Crippen LogP contribution in [-0.4, -0.2) is 37.6 Å². The Kier molecular flexibility index (Phi) is 7.41. The summed E-state index contributed by atoms with van der Waals surface area (Å²) < 4.78 is 5.56. The van der Waals surface area contributed by atoms with Crippen molar-refractivity contribution in [3.8, 4) is 5.75 Å². The van der Waals surface area contributed by atoms with Gasteiger partial charge in [-0.1, -0.05) is 18.5 Å². The van der Waals surface area contributed by atoms with Crippen LogP contribution in [-0.2, 0) is 4.79 Å². The largest absolute Gasteiger partial charge is 0.492 e. The van der Waals surface area contributed by atoms with E-state index in [0.717, 1.165) is 12.2 Å². The number of hydrogen-bond acceptors (Lipinski definition) is 3. The summed E-state index contributed by atoms with van der Waals surface area (Å²) >= 11 is 5.79. The minimum atomic E-state index is 0.130. The number of halogens is 1. The Morgan fingerprint density at radius 1 is 1.40 bits per heavy atom. The predicted octanol–water partition coefficient (Wildman–Crippen LogP) is 2.55. The van der Waals surface area contributed by atoms with Crippen molar-refractivity contribution >= 4 is 17.5 Å². The average Bonchev–Trinajstić information content (AvgIpc) is 2.46. The molecule has 0 aliphatic rings. The summed E-state index contributed by atoms with van der Waals surface area (Å²) in [7, 11) is 1.79. The van der Waals surface area contributed by atoms with Gasteiger partial charge >= 0.3 is 0 Å². The number of nitrogens with zero attached hydrogens (tertiary/aromatic N) is 1. The summed E-state index contributed by atoms with van der Waals surface area (Å²) in [5.41, 5.74) is 5.54. The molecule has 1 rings (SSSR count). The molecule has 5 heteroatoms. The summed E-state index contributed by atoms with van der Waals surface area (Å²) in [5, 5.41) is 0.679. The fourth-order valence-electron chi connectivity index (χ4n) is 1.63. The molecule has 1 aromatic rings. The molecule has 1 amide bonds. The first-order valence-electron chi connectivity index (χ1n) is 6.85. The van der Waals surface area contributed by atoms with E-state index in [1.807, 2.05) is 12.1 Å². The van der Waals surface area contributed by atoms with E-state index in [-0.39, 0.29) is 5.91 Å². The van der Waals surface area contributed by atoms with E-state index in [1.54, 1.807) is 24.1 Å². The van der Waals surface area contributed by atoms with Gasteiger partial charge in [0.1, 0.15) is 12.4 Å². The smallest absolute Gasteiger partial charge is 0.222 e. The second-order valence-corrected chi connectivity index (χ2v) is 5.43. The number of ether oxygens (including phenoxy) is 1. The molecular formula is C15H23ClN2O2. The first-order chi connectivity index (χ1) is 9.52. The van der Waals surface area contributed by atoms with Crippen LogP contribution in [0.25, 0.3) is 0 Å². The number of likely N-dealkylation sites (N-methyl/N-ethyl adjacent to an activating group) is 1. The van der Waals surface area contributed by atoms with Crippen molar-refractivity contribution in [3.63, 3.8) is 0 Å². The van der Waals surface area contributed by atoms with Crippen LogP contribution in [0.5, 0.6) is 5.75 Å². The summed E-state index contributed by atoms with van der Waals surface area (Å²) in [6.45, 7) is 3.71. The molecule has 1 aromatic carbocycles. The van der Waals surface area contributed by atoms with Crippen LogP contribution in [0, 0.1) is 5.92 Å². The zero-order valence-corrected chi connectivity index (χ0v) is 12.9. The van der Waals surface area contributed by atoms with E-state index >= 15 is 0 Å². The van der Waals surface area contributed by atoms with Gasteiger partial charge in [0, 0.05) is 18.5 Å². The van der Waals surface area contributed by atoms with E-state index in [0.29, 0.717) is 37.1 Å². The number of benzene rings is 1. The summed E-state index contributed by atoms with van der Waals surface area (Å²) in [6, 6.07) is 7.18. The van der Waals surface area contributed by atoms with Gasteiger partial charge in [0.25, 0.3) is 0 Å². The number of rotatable bonds is 8. The lowest BCUT2D eigenvalue weighted by Crippen LogP contribution is -2.31. The quantitative estimate of drug-likeness (QED) is 0.802. The third-order valence-corrected chi connectivity index (χ3v) is 3.44. The van der Waals surface area contributed by atoms with Crippen molar-refractivity contribution in [2.24, 2.45) is 11.7 Å². The zero-order chi connectivity index (χ0) is 15.0. The molecule has 1 atom stereocenters. The first kappa shape index (κ1) is 16.8. The molecule has 0 aliphatic heterocycles. The average molecular weight is 299 g/mol. The number of carbonyl (C=O) groups excluding carboxylic acids is 1. The highest BCUT2D eigenvalue weighted by molar-refractivity contribution is 6.30. The fourth-order valence-corrected chi connectivity index (χ4v) is 1.76. The lowest BCUT2D eigenvalue weighted by Gasteiger charge is -2.18. The standard InChI is InChI=1S/C15H23ClN2O2/c1-12(11-17)3-8-15(19)18(2)9-10-20-14-6-4-13(16)5-7-14/h4-7,12H,3,8-11,17H2,1-2H3. The van der Waals surface area contributed by atoms with Crippen LogP contribution < -0.4 is 10.5 Å². The number of nitrogens with two attached hydrogens (primary N) is 1. The van der Waals surface area contributed by atoms with Gasteiger partial charge in [-0.15, -0.1) is 0 Å². The summed E-state index contributed by atoms with van der Waals surface area (Å²) in [4.78, 5) is 13.6. The molecule has 0 bridgehead atoms. The van der Waals surface area contributed by atoms with E-state index in [9.17, 15) is 4.79 Å². The molecule has 4 nitrogen and oxygen atoms in total. The summed E-state index contributed by atoms with van der Waals surface area (Å²) in [6.07, 6.45) is 1.37. The van der Waals surface area contributed by atoms with Gasteiger partial charge in [0.15, 0.2) is 0 Å². The van der Waals surface area contributed by atoms with Crippen molar-refractivity contribution in [3.05, 3.63) is 29.3 Å². The molecule has 0 aromatic heterocycles. The minimum absolute atomic E-state index is 0.130. The number of carbonyl (C=O) groups is 1. The molecule has 20 heavy (non-hydrogen) atoms. The maximum atomic E-state index is 11.9. The molecular weight excluding hydrogens is 276 g/mol. The van der Waals surface area contributed by atoms with Crippen LogP contribution in [0.2, 0.25) is 5.02 Å². The molecule has 112 valence electrons. The Bertz CT molecular complexity index is 409. The van der Waals surface area contributed by atoms with Crippen molar-refractivity contribution in [2.45, 2.75) is 19.8 Å². The minimum Gasteiger partial charge on any atom is -0.492 e. The van der Waals surface area contributed by atoms with Gasteiger partial charge in [0.2, 0.25) is 5.91 Å². The normalized spacial score (nSPS) is 12.0. The Balaban J connectivity index is 2.23. The molecule has 1 unspecified atom stereocenters. The molecule has 0 saturated carbocycles. The molecule has 0 spiro atoms. The second kappa shape index (κ2) is 8.82. The molecule has 2 N–H and O–H groups in total. The Hall–Kier alpha value is -1.26. The van der Waals surface area contributed by atoms with E-state index in [2.05, 4.69) is 6.92 Å². The van der Waals surface area contributed by atoms with Crippen molar-refractivity contribution in [2.75, 3.05) is 26.7 Å². The van der Waals surface area contributed by atoms with Crippen LogP contribution in [0.3, 0.4) is 0 Å². The van der Waals surface area contributed by atoms with Crippen molar-refractivity contribution < 1.29 is 9.53 Å². The topological polar surface area (TPSA) is 55.6 Å². The van der Waals surface area contributed by atoms with Crippen LogP contribution >= 0.6 is 11.6 Å². The number of amides is 1. The zero-order valence-electron chi connectivity index (χ0n) is 12.1. The van der Waals surface area contributed by atoms with Gasteiger partial charge in [-0.05, 0) is 43.1 Å². The molecule has 0 aliphatic carbocycles. The highest BCUT2D eigenvalue weighted by Gasteiger charge is 2.10. The Morgan fingerprint density at radius 3 is 2.65 bits per heavy atom. The first-order valence-corrected chi connectivity index (χ1v) is 7.23. The number of hydrogen-bond donors (Lipinski definition) is 1. The van der Waals surface area contributed by atoms with Crippen LogP contribution in [0.15, 0.2) is 24.3 Å². The molecule has 0 saturated heterocycles. The lowest BCUT2D eigenvalue weighted by molar-refractivity contribution is -0.130. The van der Waals surface area contributed by atoms with Gasteiger partial charge in [0.05, 0.1) is 6.54 Å². The second-order valence-electron chi connectivity index (χ2n) is 5.00. The highest BCUT2D eigenvalue weighted by Crippen LogP contribution is 2.15. The maximum absolute atomic E-state index is 11.9. The van der Waals surface area contributed by atoms with E-state index in [1.165, 1.54) is 0 Å². The van der Waals surface area contributed by atoms with Crippen LogP contribution in [0.4, 0.5) is 0 Å². The van der Waals surface area contributed by atoms with Crippen LogP contribution in [0.1, 0.15) is 19.8 Å². The fraction of sp³-hybridized carbons (Fsp3) is 0.533. The lowest BCUT2D eigenvalue weighted by atomic mass is 10.1. The van der Waals surface area contributed by atoms with Crippen molar-refractivity contribution in [1.82, 2.24) is 4.90 Å². The summed E-state index contributed by atoms with van der Waals surface area (Å²) in [5.74, 6) is 1.27. The van der Waals surface area contributed by atoms with E-state index < -0.39 is 0 Å². The van der Waals surface area contributed by atoms with Gasteiger partial charge in [-0.3, -0.25) is 4.79 Å². The van der Waals surface area contributed by atoms with Gasteiger partial charge < -0.3 is 15.4 Å². The molecule has 0 heterocycles. The Labute approximate surface area is 125 Å².